The molecule has 2 amide bonds. The Kier molecular flexibility index (Phi) is 8.19. The largest absolute Gasteiger partial charge is 0.481 e. The van der Waals surface area contributed by atoms with E-state index in [1.165, 1.54) is 12.1 Å². The van der Waals surface area contributed by atoms with Crippen LogP contribution in [0.15, 0.2) is 36.5 Å². The third-order valence-electron chi connectivity index (χ3n) is 6.10. The van der Waals surface area contributed by atoms with Gasteiger partial charge in [0.15, 0.2) is 0 Å². The highest BCUT2D eigenvalue weighted by Crippen LogP contribution is 2.35. The van der Waals surface area contributed by atoms with Gasteiger partial charge in [-0.25, -0.2) is 5.01 Å². The van der Waals surface area contributed by atoms with E-state index < -0.39 is 23.7 Å². The number of carbonyl (C=O) groups is 3. The van der Waals surface area contributed by atoms with E-state index in [-0.39, 0.29) is 28.1 Å². The van der Waals surface area contributed by atoms with Gasteiger partial charge in [0.05, 0.1) is 28.1 Å². The fourth-order valence-corrected chi connectivity index (χ4v) is 4.96. The first-order valence-corrected chi connectivity index (χ1v) is 11.7. The first kappa shape index (κ1) is 26.2. The van der Waals surface area contributed by atoms with Gasteiger partial charge in [0.1, 0.15) is 0 Å². The Balaban J connectivity index is 1.97. The van der Waals surface area contributed by atoms with Crippen LogP contribution in [0.1, 0.15) is 63.6 Å². The van der Waals surface area contributed by atoms with Crippen molar-refractivity contribution in [2.45, 2.75) is 32.7 Å². The smallest absolute Gasteiger partial charge is 0.306 e. The second-order valence-electron chi connectivity index (χ2n) is 8.20. The van der Waals surface area contributed by atoms with Crippen LogP contribution in [0.3, 0.4) is 0 Å². The summed E-state index contributed by atoms with van der Waals surface area (Å²) in [4.78, 5) is 38.1. The van der Waals surface area contributed by atoms with E-state index in [4.69, 9.17) is 28.6 Å². The number of benzene rings is 2. The number of carbonyl (C=O) groups excluding carboxylic acids is 2. The minimum atomic E-state index is -0.939. The van der Waals surface area contributed by atoms with E-state index in [9.17, 15) is 19.5 Å². The number of nitrogens with zero attached hydrogens (tertiary/aromatic N) is 1. The van der Waals surface area contributed by atoms with E-state index in [2.05, 4.69) is 10.7 Å². The Labute approximate surface area is 213 Å². The quantitative estimate of drug-likeness (QED) is 0.378. The molecule has 0 spiro atoms. The van der Waals surface area contributed by atoms with Crippen LogP contribution in [0, 0.1) is 11.3 Å². The molecule has 2 aromatic carbocycles. The van der Waals surface area contributed by atoms with Gasteiger partial charge in [0, 0.05) is 30.6 Å². The highest BCUT2D eigenvalue weighted by molar-refractivity contribution is 6.40. The summed E-state index contributed by atoms with van der Waals surface area (Å²) in [6.07, 6.45) is 3.27. The normalized spacial score (nSPS) is 15.1. The summed E-state index contributed by atoms with van der Waals surface area (Å²) in [6, 6.07) is 8.32. The SMILES string of the molecule is CC[C@@H](c1cccc2c1C(=O)NN(C(=O)c1c(Cl)cc(/C(C=N)=C/NC)cc1Cl)C2)[C@H](C)C(=O)O. The number of carboxylic acid groups (broad SMARTS) is 1. The zero-order chi connectivity index (χ0) is 25.9. The molecule has 0 radical (unpaired) electrons. The predicted octanol–water partition coefficient (Wildman–Crippen LogP) is 4.72. The molecule has 10 heteroatoms. The van der Waals surface area contributed by atoms with Gasteiger partial charge in [-0.3, -0.25) is 19.8 Å². The van der Waals surface area contributed by atoms with Gasteiger partial charge in [-0.2, -0.15) is 0 Å². The van der Waals surface area contributed by atoms with Crippen molar-refractivity contribution in [1.82, 2.24) is 15.8 Å². The van der Waals surface area contributed by atoms with E-state index in [1.807, 2.05) is 6.92 Å². The topological polar surface area (TPSA) is 123 Å². The molecule has 0 saturated carbocycles. The maximum absolute atomic E-state index is 13.3. The van der Waals surface area contributed by atoms with Gasteiger partial charge in [0.25, 0.3) is 11.8 Å². The number of allylic oxidation sites excluding steroid dienone is 1. The molecule has 1 aliphatic rings. The second kappa shape index (κ2) is 10.9. The van der Waals surface area contributed by atoms with Crippen LogP contribution >= 0.6 is 23.2 Å². The summed E-state index contributed by atoms with van der Waals surface area (Å²) >= 11 is 12.8. The van der Waals surface area contributed by atoms with Crippen molar-refractivity contribution in [3.63, 3.8) is 0 Å². The number of hydrogen-bond donors (Lipinski definition) is 4. The van der Waals surface area contributed by atoms with Crippen molar-refractivity contribution in [3.8, 4) is 0 Å². The van der Waals surface area contributed by atoms with Crippen LogP contribution < -0.4 is 10.7 Å². The number of nitrogens with one attached hydrogen (secondary N) is 3. The Bertz CT molecular complexity index is 1200. The van der Waals surface area contributed by atoms with Crippen molar-refractivity contribution >= 4 is 52.8 Å². The Morgan fingerprint density at radius 1 is 1.29 bits per heavy atom. The molecule has 4 N–H and O–H groups in total. The number of hydrogen-bond acceptors (Lipinski definition) is 5. The van der Waals surface area contributed by atoms with Crippen molar-refractivity contribution in [1.29, 1.82) is 5.41 Å². The lowest BCUT2D eigenvalue weighted by atomic mass is 9.81. The van der Waals surface area contributed by atoms with Gasteiger partial charge in [0.2, 0.25) is 0 Å². The maximum Gasteiger partial charge on any atom is 0.306 e. The number of rotatable bonds is 8. The van der Waals surface area contributed by atoms with Crippen molar-refractivity contribution < 1.29 is 19.5 Å². The standard InChI is InChI=1S/C25H26Cl2N4O4/c1-4-17(13(2)25(34)35)18-7-5-6-14-12-31(30-23(32)21(14)18)24(33)22-19(26)8-15(9-20(22)27)16(10-28)11-29-3/h5-11,13,17,28-29H,4,12H2,1-3H3,(H,30,32)(H,34,35)/b16-11+,28-10?/t13-,17+/m0/s1. The fraction of sp³-hybridized carbons (Fsp3) is 0.280. The van der Waals surface area contributed by atoms with Crippen LogP contribution in [-0.2, 0) is 11.3 Å². The number of aliphatic carboxylic acids is 1. The average Bonchev–Trinajstić information content (AvgIpc) is 2.82. The van der Waals surface area contributed by atoms with Crippen molar-refractivity contribution in [3.05, 3.63) is 74.4 Å². The predicted molar refractivity (Wildman–Crippen MR) is 136 cm³/mol. The van der Waals surface area contributed by atoms with Crippen LogP contribution in [0.5, 0.6) is 0 Å². The van der Waals surface area contributed by atoms with Crippen LogP contribution in [0.2, 0.25) is 10.0 Å². The summed E-state index contributed by atoms with van der Waals surface area (Å²) in [5.41, 5.74) is 5.32. The van der Waals surface area contributed by atoms with E-state index >= 15 is 0 Å². The number of hydrazine groups is 1. The molecule has 1 heterocycles. The molecule has 0 bridgehead atoms. The lowest BCUT2D eigenvalue weighted by Gasteiger charge is -2.32. The highest BCUT2D eigenvalue weighted by atomic mass is 35.5. The lowest BCUT2D eigenvalue weighted by molar-refractivity contribution is -0.141. The Morgan fingerprint density at radius 3 is 2.49 bits per heavy atom. The summed E-state index contributed by atoms with van der Waals surface area (Å²) in [5.74, 6) is -3.07. The fourth-order valence-electron chi connectivity index (χ4n) is 4.31. The van der Waals surface area contributed by atoms with Crippen LogP contribution in [0.25, 0.3) is 5.57 Å². The monoisotopic (exact) mass is 516 g/mol. The summed E-state index contributed by atoms with van der Waals surface area (Å²) in [5, 5.41) is 21.2. The third kappa shape index (κ3) is 5.18. The zero-order valence-corrected chi connectivity index (χ0v) is 21.0. The number of fused-ring (bicyclic) bond motifs is 1. The molecule has 0 saturated heterocycles. The van der Waals surface area contributed by atoms with E-state index in [0.717, 1.165) is 11.2 Å². The summed E-state index contributed by atoms with van der Waals surface area (Å²) in [7, 11) is 1.69. The molecule has 0 unspecified atom stereocenters. The summed E-state index contributed by atoms with van der Waals surface area (Å²) in [6.45, 7) is 3.56. The summed E-state index contributed by atoms with van der Waals surface area (Å²) < 4.78 is 0. The molecule has 0 aliphatic carbocycles. The van der Waals surface area contributed by atoms with Gasteiger partial charge < -0.3 is 15.8 Å². The molecule has 2 aromatic rings. The number of carboxylic acids is 1. The van der Waals surface area contributed by atoms with Gasteiger partial charge in [-0.1, -0.05) is 55.2 Å². The minimum absolute atomic E-state index is 0.0247. The number of halogens is 2. The van der Waals surface area contributed by atoms with Gasteiger partial charge in [-0.05, 0) is 41.2 Å². The van der Waals surface area contributed by atoms with Crippen LogP contribution in [0.4, 0.5) is 0 Å². The highest BCUT2D eigenvalue weighted by Gasteiger charge is 2.34. The molecule has 2 atom stereocenters. The first-order valence-electron chi connectivity index (χ1n) is 11.0. The van der Waals surface area contributed by atoms with E-state index in [0.29, 0.717) is 34.2 Å². The number of amides is 2. The average molecular weight is 517 g/mol. The minimum Gasteiger partial charge on any atom is -0.481 e. The maximum atomic E-state index is 13.3. The molecule has 0 aromatic heterocycles. The third-order valence-corrected chi connectivity index (χ3v) is 6.69. The molecule has 8 nitrogen and oxygen atoms in total. The Hall–Kier alpha value is -3.36. The molecule has 3 rings (SSSR count). The molecular formula is C25H26Cl2N4O4. The van der Waals surface area contributed by atoms with Gasteiger partial charge in [-0.15, -0.1) is 0 Å². The van der Waals surface area contributed by atoms with Gasteiger partial charge >= 0.3 is 5.97 Å². The molecule has 1 aliphatic heterocycles. The van der Waals surface area contributed by atoms with Crippen molar-refractivity contribution in [2.24, 2.45) is 5.92 Å². The molecular weight excluding hydrogens is 491 g/mol. The first-order chi connectivity index (χ1) is 16.6. The molecule has 184 valence electrons. The zero-order valence-electron chi connectivity index (χ0n) is 19.5. The molecule has 0 fully saturated rings. The van der Waals surface area contributed by atoms with Crippen molar-refractivity contribution in [2.75, 3.05) is 7.05 Å². The van der Waals surface area contributed by atoms with E-state index in [1.54, 1.807) is 38.4 Å². The van der Waals surface area contributed by atoms with Crippen LogP contribution in [-0.4, -0.2) is 41.2 Å². The lowest BCUT2D eigenvalue weighted by Crippen LogP contribution is -2.50. The second-order valence-corrected chi connectivity index (χ2v) is 9.02. The molecule has 35 heavy (non-hydrogen) atoms. The Morgan fingerprint density at radius 2 is 1.94 bits per heavy atom.